The quantitative estimate of drug-likeness (QED) is 0.681. The molecule has 0 aliphatic heterocycles. The van der Waals surface area contributed by atoms with Crippen molar-refractivity contribution in [3.05, 3.63) is 77.5 Å². The first-order chi connectivity index (χ1) is 10.1. The first-order valence-electron chi connectivity index (χ1n) is 6.46. The van der Waals surface area contributed by atoms with E-state index >= 15 is 0 Å². The van der Waals surface area contributed by atoms with Gasteiger partial charge < -0.3 is 0 Å². The highest BCUT2D eigenvalue weighted by Crippen LogP contribution is 2.15. The maximum absolute atomic E-state index is 13.1. The van der Waals surface area contributed by atoms with Crippen molar-refractivity contribution in [2.24, 2.45) is 0 Å². The minimum atomic E-state index is -0.952. The van der Waals surface area contributed by atoms with E-state index in [9.17, 15) is 13.6 Å². The van der Waals surface area contributed by atoms with E-state index in [-0.39, 0.29) is 12.2 Å². The highest BCUT2D eigenvalue weighted by molar-refractivity contribution is 5.97. The molecule has 3 rings (SSSR count). The Morgan fingerprint density at radius 1 is 0.952 bits per heavy atom. The maximum atomic E-state index is 13.1. The molecule has 0 aliphatic rings. The molecule has 2 nitrogen and oxygen atoms in total. The van der Waals surface area contributed by atoms with Crippen molar-refractivity contribution in [2.75, 3.05) is 0 Å². The molecular formula is C17H11F2NO. The summed E-state index contributed by atoms with van der Waals surface area (Å²) in [5, 5.41) is 0.946. The summed E-state index contributed by atoms with van der Waals surface area (Å²) in [4.78, 5) is 16.5. The number of para-hydroxylation sites is 1. The van der Waals surface area contributed by atoms with Crippen LogP contribution in [0.5, 0.6) is 0 Å². The summed E-state index contributed by atoms with van der Waals surface area (Å²) in [5.74, 6) is -2.10. The highest BCUT2D eigenvalue weighted by Gasteiger charge is 2.11. The van der Waals surface area contributed by atoms with Crippen LogP contribution in [0.2, 0.25) is 0 Å². The summed E-state index contributed by atoms with van der Waals surface area (Å²) in [6.45, 7) is 0. The molecule has 1 aromatic heterocycles. The van der Waals surface area contributed by atoms with Gasteiger partial charge in [0.15, 0.2) is 17.4 Å². The maximum Gasteiger partial charge on any atom is 0.185 e. The van der Waals surface area contributed by atoms with Crippen LogP contribution >= 0.6 is 0 Å². The Bertz CT molecular complexity index is 830. The van der Waals surface area contributed by atoms with Gasteiger partial charge in [-0.25, -0.2) is 13.8 Å². The topological polar surface area (TPSA) is 30.0 Å². The van der Waals surface area contributed by atoms with E-state index in [1.165, 1.54) is 6.07 Å². The number of nitrogens with zero attached hydrogens (tertiary/aromatic N) is 1. The zero-order valence-corrected chi connectivity index (χ0v) is 11.0. The number of hydrogen-bond acceptors (Lipinski definition) is 2. The largest absolute Gasteiger partial charge is 0.292 e. The SMILES string of the molecule is O=C(Cc1ccc(F)c(F)c1)c1ccc2ccccc2n1. The molecule has 0 aliphatic carbocycles. The average molecular weight is 283 g/mol. The molecule has 0 bridgehead atoms. The van der Waals surface area contributed by atoms with Gasteiger partial charge in [0, 0.05) is 11.8 Å². The first kappa shape index (κ1) is 13.4. The Balaban J connectivity index is 1.87. The van der Waals surface area contributed by atoms with E-state index in [1.54, 1.807) is 6.07 Å². The van der Waals surface area contributed by atoms with Crippen LogP contribution in [0.3, 0.4) is 0 Å². The van der Waals surface area contributed by atoms with Gasteiger partial charge in [-0.2, -0.15) is 0 Å². The van der Waals surface area contributed by atoms with Gasteiger partial charge in [-0.15, -0.1) is 0 Å². The molecule has 0 spiro atoms. The molecule has 2 aromatic carbocycles. The third kappa shape index (κ3) is 2.79. The predicted molar refractivity (Wildman–Crippen MR) is 76.1 cm³/mol. The van der Waals surface area contributed by atoms with Crippen molar-refractivity contribution in [1.82, 2.24) is 4.98 Å². The summed E-state index contributed by atoms with van der Waals surface area (Å²) in [6, 6.07) is 14.4. The summed E-state index contributed by atoms with van der Waals surface area (Å²) >= 11 is 0. The normalized spacial score (nSPS) is 10.8. The van der Waals surface area contributed by atoms with Crippen LogP contribution < -0.4 is 0 Å². The molecule has 0 amide bonds. The van der Waals surface area contributed by atoms with Gasteiger partial charge in [0.25, 0.3) is 0 Å². The summed E-state index contributed by atoms with van der Waals surface area (Å²) in [5.41, 5.74) is 1.47. The number of carbonyl (C=O) groups excluding carboxylic acids is 1. The van der Waals surface area contributed by atoms with E-state index < -0.39 is 11.6 Å². The number of Topliss-reactive ketones (excluding diaryl/α,β-unsaturated/α-hetero) is 1. The standard InChI is InChI=1S/C17H11F2NO/c18-13-7-5-11(9-14(13)19)10-17(21)16-8-6-12-3-1-2-4-15(12)20-16/h1-9H,10H2. The Morgan fingerprint density at radius 3 is 2.57 bits per heavy atom. The summed E-state index contributed by atoms with van der Waals surface area (Å²) < 4.78 is 26.0. The van der Waals surface area contributed by atoms with Gasteiger partial charge in [-0.05, 0) is 29.8 Å². The fourth-order valence-electron chi connectivity index (χ4n) is 2.15. The molecule has 104 valence electrons. The zero-order chi connectivity index (χ0) is 14.8. The molecule has 4 heteroatoms. The predicted octanol–water partition coefficient (Wildman–Crippen LogP) is 3.94. The molecule has 0 fully saturated rings. The molecule has 1 heterocycles. The van der Waals surface area contributed by atoms with Crippen LogP contribution in [0.15, 0.2) is 54.6 Å². The number of hydrogen-bond donors (Lipinski definition) is 0. The molecule has 0 atom stereocenters. The van der Waals surface area contributed by atoms with Crippen molar-refractivity contribution in [3.63, 3.8) is 0 Å². The Hall–Kier alpha value is -2.62. The van der Waals surface area contributed by atoms with Gasteiger partial charge in [0.1, 0.15) is 5.69 Å². The zero-order valence-electron chi connectivity index (χ0n) is 11.0. The Kier molecular flexibility index (Phi) is 3.44. The molecule has 0 N–H and O–H groups in total. The average Bonchev–Trinajstić information content (AvgIpc) is 2.50. The summed E-state index contributed by atoms with van der Waals surface area (Å²) in [7, 11) is 0. The number of rotatable bonds is 3. The number of aromatic nitrogens is 1. The molecule has 3 aromatic rings. The van der Waals surface area contributed by atoms with Crippen LogP contribution in [0.1, 0.15) is 16.1 Å². The molecule has 21 heavy (non-hydrogen) atoms. The first-order valence-corrected chi connectivity index (χ1v) is 6.46. The fraction of sp³-hybridized carbons (Fsp3) is 0.0588. The lowest BCUT2D eigenvalue weighted by atomic mass is 10.1. The number of fused-ring (bicyclic) bond motifs is 1. The molecule has 0 radical (unpaired) electrons. The van der Waals surface area contributed by atoms with Crippen LogP contribution in [0.4, 0.5) is 8.78 Å². The smallest absolute Gasteiger partial charge is 0.185 e. The minimum Gasteiger partial charge on any atom is -0.292 e. The number of ketones is 1. The van der Waals surface area contributed by atoms with E-state index in [4.69, 9.17) is 0 Å². The highest BCUT2D eigenvalue weighted by atomic mass is 19.2. The Labute approximate surface area is 120 Å². The van der Waals surface area contributed by atoms with Crippen LogP contribution in [0, 0.1) is 11.6 Å². The van der Waals surface area contributed by atoms with Crippen LogP contribution in [-0.4, -0.2) is 10.8 Å². The number of carbonyl (C=O) groups is 1. The van der Waals surface area contributed by atoms with Crippen LogP contribution in [-0.2, 0) is 6.42 Å². The van der Waals surface area contributed by atoms with E-state index in [0.29, 0.717) is 11.3 Å². The fourth-order valence-corrected chi connectivity index (χ4v) is 2.15. The van der Waals surface area contributed by atoms with Gasteiger partial charge in [0.2, 0.25) is 0 Å². The second-order valence-corrected chi connectivity index (χ2v) is 4.74. The van der Waals surface area contributed by atoms with Crippen molar-refractivity contribution >= 4 is 16.7 Å². The second-order valence-electron chi connectivity index (χ2n) is 4.74. The molecule has 0 saturated carbocycles. The lowest BCUT2D eigenvalue weighted by molar-refractivity contribution is 0.0988. The van der Waals surface area contributed by atoms with Gasteiger partial charge in [0.05, 0.1) is 5.52 Å². The third-order valence-electron chi connectivity index (χ3n) is 3.23. The van der Waals surface area contributed by atoms with Gasteiger partial charge >= 0.3 is 0 Å². The van der Waals surface area contributed by atoms with Crippen molar-refractivity contribution in [2.45, 2.75) is 6.42 Å². The second kappa shape index (κ2) is 5.40. The Morgan fingerprint density at radius 2 is 1.76 bits per heavy atom. The monoisotopic (exact) mass is 283 g/mol. The van der Waals surface area contributed by atoms with E-state index in [0.717, 1.165) is 23.0 Å². The van der Waals surface area contributed by atoms with Crippen LogP contribution in [0.25, 0.3) is 10.9 Å². The molecule has 0 saturated heterocycles. The third-order valence-corrected chi connectivity index (χ3v) is 3.23. The number of halogens is 2. The van der Waals surface area contributed by atoms with Crippen molar-refractivity contribution < 1.29 is 13.6 Å². The number of pyridine rings is 1. The number of benzene rings is 2. The minimum absolute atomic E-state index is 0.0114. The lowest BCUT2D eigenvalue weighted by Crippen LogP contribution is -2.06. The van der Waals surface area contributed by atoms with Crippen molar-refractivity contribution in [1.29, 1.82) is 0 Å². The molecule has 0 unspecified atom stereocenters. The molecular weight excluding hydrogens is 272 g/mol. The van der Waals surface area contributed by atoms with E-state index in [1.807, 2.05) is 30.3 Å². The summed E-state index contributed by atoms with van der Waals surface area (Å²) in [6.07, 6.45) is -0.0114. The van der Waals surface area contributed by atoms with Crippen molar-refractivity contribution in [3.8, 4) is 0 Å². The lowest BCUT2D eigenvalue weighted by Gasteiger charge is -2.03. The van der Waals surface area contributed by atoms with Gasteiger partial charge in [-0.1, -0.05) is 30.3 Å². The van der Waals surface area contributed by atoms with Gasteiger partial charge in [-0.3, -0.25) is 4.79 Å². The van der Waals surface area contributed by atoms with E-state index in [2.05, 4.69) is 4.98 Å².